The lowest BCUT2D eigenvalue weighted by molar-refractivity contribution is -0.301. The number of aliphatic hydroxyl groups is 3. The molecule has 0 spiro atoms. The van der Waals surface area contributed by atoms with E-state index < -0.39 is 59.8 Å². The van der Waals surface area contributed by atoms with E-state index in [4.69, 9.17) is 18.9 Å². The van der Waals surface area contributed by atoms with Gasteiger partial charge in [-0.05, 0) is 57.8 Å². The Bertz CT molecular complexity index is 1400. The highest BCUT2D eigenvalue weighted by molar-refractivity contribution is 7.80. The van der Waals surface area contributed by atoms with Crippen molar-refractivity contribution in [3.8, 4) is 0 Å². The minimum absolute atomic E-state index is 0.0282. The third kappa shape index (κ3) is 38.3. The van der Waals surface area contributed by atoms with Gasteiger partial charge in [-0.25, -0.2) is 4.18 Å². The Morgan fingerprint density at radius 2 is 1.03 bits per heavy atom. The van der Waals surface area contributed by atoms with Gasteiger partial charge in [-0.15, -0.1) is 0 Å². The highest BCUT2D eigenvalue weighted by Crippen LogP contribution is 2.26. The molecule has 0 amide bonds. The molecule has 0 bridgehead atoms. The zero-order chi connectivity index (χ0) is 48.9. The highest BCUT2D eigenvalue weighted by atomic mass is 32.3. The van der Waals surface area contributed by atoms with Gasteiger partial charge in [-0.1, -0.05) is 209 Å². The molecule has 13 heteroatoms. The van der Waals surface area contributed by atoms with E-state index in [-0.39, 0.29) is 19.6 Å². The van der Waals surface area contributed by atoms with Gasteiger partial charge in [0.2, 0.25) is 0 Å². The molecular weight excluding hydrogens is 873 g/mol. The molecule has 67 heavy (non-hydrogen) atoms. The number of allylic oxidation sites excluding steroid dienone is 10. The molecule has 1 rings (SSSR count). The first-order valence-corrected chi connectivity index (χ1v) is 27.9. The van der Waals surface area contributed by atoms with Crippen LogP contribution in [0.5, 0.6) is 0 Å². The molecule has 0 saturated carbocycles. The van der Waals surface area contributed by atoms with Gasteiger partial charge in [0.25, 0.3) is 0 Å². The van der Waals surface area contributed by atoms with Crippen LogP contribution in [0.1, 0.15) is 213 Å². The van der Waals surface area contributed by atoms with E-state index in [0.717, 1.165) is 83.5 Å². The van der Waals surface area contributed by atoms with Crippen molar-refractivity contribution in [3.05, 3.63) is 60.8 Å². The number of hydrogen-bond acceptors (Lipinski definition) is 11. The van der Waals surface area contributed by atoms with Gasteiger partial charge in [-0.2, -0.15) is 8.42 Å². The Morgan fingerprint density at radius 3 is 1.51 bits per heavy atom. The molecule has 0 radical (unpaired) electrons. The summed E-state index contributed by atoms with van der Waals surface area (Å²) in [6.45, 7) is 3.88. The minimum atomic E-state index is -5.07. The Hall–Kier alpha value is -2.20. The second-order valence-electron chi connectivity index (χ2n) is 18.1. The van der Waals surface area contributed by atoms with Crippen molar-refractivity contribution in [2.75, 3.05) is 26.4 Å². The maximum absolute atomic E-state index is 12.9. The molecule has 0 aliphatic carbocycles. The fraction of sp³-hybridized carbons (Fsp3) is 0.796. The summed E-state index contributed by atoms with van der Waals surface area (Å²) in [7, 11) is -5.07. The van der Waals surface area contributed by atoms with Crippen molar-refractivity contribution in [2.45, 2.75) is 250 Å². The van der Waals surface area contributed by atoms with Crippen molar-refractivity contribution in [1.82, 2.24) is 0 Å². The quantitative estimate of drug-likeness (QED) is 0.0197. The summed E-state index contributed by atoms with van der Waals surface area (Å²) < 4.78 is 59.3. The molecule has 1 aliphatic rings. The molecule has 0 aromatic carbocycles. The average Bonchev–Trinajstić information content (AvgIpc) is 3.30. The Balaban J connectivity index is 2.37. The summed E-state index contributed by atoms with van der Waals surface area (Å²) in [5, 5.41) is 30.8. The van der Waals surface area contributed by atoms with Crippen molar-refractivity contribution < 1.29 is 56.2 Å². The van der Waals surface area contributed by atoms with Gasteiger partial charge < -0.3 is 34.3 Å². The zero-order valence-electron chi connectivity index (χ0n) is 41.9. The molecule has 1 saturated heterocycles. The smallest absolute Gasteiger partial charge is 0.397 e. The summed E-state index contributed by atoms with van der Waals surface area (Å²) in [4.78, 5) is 12.9. The number of unbranched alkanes of at least 4 members (excludes halogenated alkanes) is 23. The lowest BCUT2D eigenvalue weighted by Gasteiger charge is -2.41. The number of ether oxygens (including phenoxy) is 4. The molecule has 12 nitrogen and oxygen atoms in total. The third-order valence-electron chi connectivity index (χ3n) is 11.9. The SMILES string of the molecule is CC/C=C\C/C=C\C/C=C\C/C=C\C/C=C\CCCCCCCC(=O)OC(COCCCCCCCCCCCCCCCCCCCCC)COC1OC(CO)C(O)C(OS(=O)(=O)O)C1O. The van der Waals surface area contributed by atoms with Crippen molar-refractivity contribution in [2.24, 2.45) is 0 Å². The Labute approximate surface area is 408 Å². The fourth-order valence-corrected chi connectivity index (χ4v) is 8.44. The Kier molecular flexibility index (Phi) is 42.2. The first-order chi connectivity index (χ1) is 32.6. The van der Waals surface area contributed by atoms with Crippen LogP contribution in [0.15, 0.2) is 60.8 Å². The number of esters is 1. The van der Waals surface area contributed by atoms with Crippen LogP contribution in [0.2, 0.25) is 0 Å². The van der Waals surface area contributed by atoms with Crippen LogP contribution in [0.3, 0.4) is 0 Å². The topological polar surface area (TPSA) is 178 Å². The second kappa shape index (κ2) is 45.0. The monoisotopic (exact) mass is 969 g/mol. The summed E-state index contributed by atoms with van der Waals surface area (Å²) in [5.74, 6) is -0.416. The number of carbonyl (C=O) groups excluding carboxylic acids is 1. The summed E-state index contributed by atoms with van der Waals surface area (Å²) in [6, 6.07) is 0. The molecule has 390 valence electrons. The van der Waals surface area contributed by atoms with Crippen molar-refractivity contribution in [1.29, 1.82) is 0 Å². The average molecular weight is 969 g/mol. The standard InChI is InChI=1S/C54H96O12S/c1-3-5-7-9-11-13-15-17-19-21-23-24-25-27-29-31-33-35-37-39-41-43-50(56)64-48(47-63-54-52(58)53(66-67(59,60)61)51(57)49(45-55)65-54)46-62-44-42-40-38-36-34-32-30-28-26-22-20-18-16-14-12-10-8-6-4-2/h5,7,11,13,17,19,23-24,27,29,48-49,51-55,57-58H,3-4,6,8-10,12,14-16,18,20-22,25-26,28,30-47H2,1-2H3,(H,59,60,61)/b7-5-,13-11-,19-17-,24-23-,29-27-. The van der Waals surface area contributed by atoms with Gasteiger partial charge >= 0.3 is 16.4 Å². The predicted molar refractivity (Wildman–Crippen MR) is 271 cm³/mol. The molecule has 0 aromatic rings. The van der Waals surface area contributed by atoms with E-state index in [1.807, 2.05) is 0 Å². The molecule has 0 aromatic heterocycles. The molecule has 1 fully saturated rings. The Morgan fingerprint density at radius 1 is 0.582 bits per heavy atom. The van der Waals surface area contributed by atoms with Gasteiger partial charge in [0.15, 0.2) is 6.29 Å². The van der Waals surface area contributed by atoms with Crippen LogP contribution >= 0.6 is 0 Å². The number of carbonyl (C=O) groups is 1. The zero-order valence-corrected chi connectivity index (χ0v) is 42.8. The van der Waals surface area contributed by atoms with Crippen molar-refractivity contribution >= 4 is 16.4 Å². The van der Waals surface area contributed by atoms with E-state index in [1.165, 1.54) is 103 Å². The maximum Gasteiger partial charge on any atom is 0.397 e. The number of hydrogen-bond donors (Lipinski definition) is 4. The fourth-order valence-electron chi connectivity index (χ4n) is 7.94. The lowest BCUT2D eigenvalue weighted by Crippen LogP contribution is -2.60. The van der Waals surface area contributed by atoms with E-state index in [9.17, 15) is 33.1 Å². The first-order valence-electron chi connectivity index (χ1n) is 26.5. The molecule has 4 N–H and O–H groups in total. The third-order valence-corrected chi connectivity index (χ3v) is 12.4. The van der Waals surface area contributed by atoms with E-state index in [1.54, 1.807) is 0 Å². The van der Waals surface area contributed by atoms with Crippen LogP contribution in [-0.2, 0) is 38.3 Å². The normalized spacial score (nSPS) is 19.9. The van der Waals surface area contributed by atoms with Gasteiger partial charge in [0.1, 0.15) is 30.5 Å². The van der Waals surface area contributed by atoms with Gasteiger partial charge in [0.05, 0.1) is 19.8 Å². The predicted octanol–water partition coefficient (Wildman–Crippen LogP) is 12.5. The van der Waals surface area contributed by atoms with Crippen LogP contribution in [0.25, 0.3) is 0 Å². The molecule has 6 atom stereocenters. The summed E-state index contributed by atoms with van der Waals surface area (Å²) in [6.07, 6.45) is 48.2. The summed E-state index contributed by atoms with van der Waals surface area (Å²) in [5.41, 5.74) is 0. The van der Waals surface area contributed by atoms with E-state index in [0.29, 0.717) is 13.0 Å². The summed E-state index contributed by atoms with van der Waals surface area (Å²) >= 11 is 0. The van der Waals surface area contributed by atoms with Crippen LogP contribution < -0.4 is 0 Å². The van der Waals surface area contributed by atoms with Crippen molar-refractivity contribution in [3.63, 3.8) is 0 Å². The largest absolute Gasteiger partial charge is 0.457 e. The maximum atomic E-state index is 12.9. The highest BCUT2D eigenvalue weighted by Gasteiger charge is 2.48. The lowest BCUT2D eigenvalue weighted by atomic mass is 9.99. The molecular formula is C54H96O12S. The van der Waals surface area contributed by atoms with Crippen LogP contribution in [-0.4, -0.2) is 97.5 Å². The van der Waals surface area contributed by atoms with Gasteiger partial charge in [0, 0.05) is 13.0 Å². The molecule has 1 heterocycles. The van der Waals surface area contributed by atoms with E-state index >= 15 is 0 Å². The molecule has 1 aliphatic heterocycles. The molecule has 6 unspecified atom stereocenters. The minimum Gasteiger partial charge on any atom is -0.457 e. The first kappa shape index (κ1) is 62.8. The number of rotatable bonds is 46. The second-order valence-corrected chi connectivity index (χ2v) is 19.1. The number of aliphatic hydroxyl groups excluding tert-OH is 3. The van der Waals surface area contributed by atoms with Crippen LogP contribution in [0, 0.1) is 0 Å². The van der Waals surface area contributed by atoms with Crippen LogP contribution in [0.4, 0.5) is 0 Å². The van der Waals surface area contributed by atoms with E-state index in [2.05, 4.69) is 78.8 Å². The van der Waals surface area contributed by atoms with Gasteiger partial charge in [-0.3, -0.25) is 9.35 Å².